The Morgan fingerprint density at radius 2 is 1.73 bits per heavy atom. The predicted octanol–water partition coefficient (Wildman–Crippen LogP) is 4.34. The summed E-state index contributed by atoms with van der Waals surface area (Å²) in [5.41, 5.74) is 0.820. The van der Waals surface area contributed by atoms with E-state index in [0.29, 0.717) is 14.1 Å². The Morgan fingerprint density at radius 3 is 2.35 bits per heavy atom. The number of hydrogen-bond donors (Lipinski definition) is 1. The number of rotatable bonds is 7. The van der Waals surface area contributed by atoms with E-state index in [2.05, 4.69) is 5.32 Å². The fourth-order valence-electron chi connectivity index (χ4n) is 2.46. The van der Waals surface area contributed by atoms with Crippen LogP contribution in [0.25, 0.3) is 0 Å². The molecule has 1 aromatic carbocycles. The summed E-state index contributed by atoms with van der Waals surface area (Å²) < 4.78 is 26.2. The number of nitrogens with one attached hydrogen (secondary N) is 1. The second-order valence-corrected chi connectivity index (χ2v) is 10.3. The van der Waals surface area contributed by atoms with Gasteiger partial charge >= 0.3 is 0 Å². The molecule has 136 valence electrons. The summed E-state index contributed by atoms with van der Waals surface area (Å²) in [5, 5.41) is 6.14. The Hall–Kier alpha value is -1.67. The molecule has 0 aliphatic carbocycles. The molecule has 1 atom stereocenters. The zero-order valence-electron chi connectivity index (χ0n) is 13.6. The molecule has 0 saturated heterocycles. The van der Waals surface area contributed by atoms with Crippen molar-refractivity contribution in [3.8, 4) is 0 Å². The third-order valence-corrected chi connectivity index (χ3v) is 8.67. The fourth-order valence-corrected chi connectivity index (χ4v) is 6.58. The Labute approximate surface area is 165 Å². The van der Waals surface area contributed by atoms with Gasteiger partial charge in [-0.3, -0.25) is 4.79 Å². The second kappa shape index (κ2) is 8.35. The molecule has 0 radical (unpaired) electrons. The first-order valence-corrected chi connectivity index (χ1v) is 11.5. The minimum Gasteiger partial charge on any atom is -0.354 e. The number of amides is 1. The van der Waals surface area contributed by atoms with Crippen molar-refractivity contribution in [3.63, 3.8) is 0 Å². The van der Waals surface area contributed by atoms with Crippen molar-refractivity contribution in [2.24, 2.45) is 0 Å². The average molecular weight is 426 g/mol. The normalized spacial score (nSPS) is 12.7. The van der Waals surface area contributed by atoms with Gasteiger partial charge in [0.2, 0.25) is 5.91 Å². The van der Waals surface area contributed by atoms with Gasteiger partial charge in [0, 0.05) is 16.4 Å². The van der Waals surface area contributed by atoms with Gasteiger partial charge in [-0.05, 0) is 40.6 Å². The van der Waals surface area contributed by atoms with Crippen molar-refractivity contribution in [1.82, 2.24) is 5.32 Å². The van der Waals surface area contributed by atoms with Crippen LogP contribution in [0.2, 0.25) is 5.02 Å². The van der Waals surface area contributed by atoms with Crippen LogP contribution < -0.4 is 5.32 Å². The van der Waals surface area contributed by atoms with Crippen LogP contribution in [0.15, 0.2) is 63.5 Å². The first kappa shape index (κ1) is 19.1. The van der Waals surface area contributed by atoms with Crippen LogP contribution in [-0.4, -0.2) is 20.9 Å². The maximum absolute atomic E-state index is 13.0. The average Bonchev–Trinajstić information content (AvgIpc) is 3.30. The molecule has 8 heteroatoms. The summed E-state index contributed by atoms with van der Waals surface area (Å²) in [6.07, 6.45) is 0.174. The van der Waals surface area contributed by atoms with Crippen molar-refractivity contribution >= 4 is 50.0 Å². The van der Waals surface area contributed by atoms with Gasteiger partial charge in [0.25, 0.3) is 0 Å². The summed E-state index contributed by atoms with van der Waals surface area (Å²) in [7, 11) is -3.56. The van der Waals surface area contributed by atoms with Crippen molar-refractivity contribution < 1.29 is 13.2 Å². The molecule has 3 rings (SSSR count). The van der Waals surface area contributed by atoms with E-state index in [-0.39, 0.29) is 18.9 Å². The molecule has 0 fully saturated rings. The van der Waals surface area contributed by atoms with Gasteiger partial charge < -0.3 is 5.32 Å². The highest BCUT2D eigenvalue weighted by atomic mass is 35.5. The van der Waals surface area contributed by atoms with E-state index in [9.17, 15) is 13.2 Å². The summed E-state index contributed by atoms with van der Waals surface area (Å²) >= 11 is 8.40. The monoisotopic (exact) mass is 425 g/mol. The van der Waals surface area contributed by atoms with E-state index < -0.39 is 15.1 Å². The van der Waals surface area contributed by atoms with Crippen LogP contribution in [0.3, 0.4) is 0 Å². The summed E-state index contributed by atoms with van der Waals surface area (Å²) in [6, 6.07) is 13.9. The quantitative estimate of drug-likeness (QED) is 0.612. The lowest BCUT2D eigenvalue weighted by atomic mass is 10.1. The van der Waals surface area contributed by atoms with Gasteiger partial charge in [0.05, 0.1) is 6.42 Å². The molecule has 3 aromatic rings. The van der Waals surface area contributed by atoms with Crippen molar-refractivity contribution in [2.75, 3.05) is 6.54 Å². The molecule has 0 unspecified atom stereocenters. The number of thiophene rings is 2. The highest BCUT2D eigenvalue weighted by Gasteiger charge is 2.31. The van der Waals surface area contributed by atoms with E-state index in [1.807, 2.05) is 11.4 Å². The maximum atomic E-state index is 13.0. The summed E-state index contributed by atoms with van der Waals surface area (Å²) in [4.78, 5) is 13.0. The van der Waals surface area contributed by atoms with Gasteiger partial charge in [-0.2, -0.15) is 0 Å². The van der Waals surface area contributed by atoms with Crippen LogP contribution in [0.5, 0.6) is 0 Å². The number of benzene rings is 1. The summed E-state index contributed by atoms with van der Waals surface area (Å²) in [6.45, 7) is 0.0349. The number of hydrogen-bond acceptors (Lipinski definition) is 5. The molecule has 0 aliphatic rings. The Balaban J connectivity index is 1.73. The standard InChI is InChI=1S/C18H16ClNO3S3/c19-14-7-5-13(6-8-14)11-17(21)20-12-16(15-3-1-9-24-15)26(22,23)18-4-2-10-25-18/h1-10,16H,11-12H2,(H,20,21)/t16-/m1/s1. The van der Waals surface area contributed by atoms with Gasteiger partial charge in [0.1, 0.15) is 9.46 Å². The van der Waals surface area contributed by atoms with E-state index >= 15 is 0 Å². The molecule has 0 saturated carbocycles. The van der Waals surface area contributed by atoms with Crippen LogP contribution in [-0.2, 0) is 21.1 Å². The molecule has 4 nitrogen and oxygen atoms in total. The Bertz CT molecular complexity index is 950. The minimum atomic E-state index is -3.56. The van der Waals surface area contributed by atoms with E-state index in [1.165, 1.54) is 22.7 Å². The first-order chi connectivity index (χ1) is 12.5. The molecule has 1 amide bonds. The zero-order chi connectivity index (χ0) is 18.6. The first-order valence-electron chi connectivity index (χ1n) is 7.79. The van der Waals surface area contributed by atoms with Crippen molar-refractivity contribution in [3.05, 3.63) is 74.8 Å². The highest BCUT2D eigenvalue weighted by Crippen LogP contribution is 2.33. The van der Waals surface area contributed by atoms with Gasteiger partial charge in [0.15, 0.2) is 9.84 Å². The fraction of sp³-hybridized carbons (Fsp3) is 0.167. The van der Waals surface area contributed by atoms with E-state index in [0.717, 1.165) is 5.56 Å². The SMILES string of the molecule is O=C(Cc1ccc(Cl)cc1)NC[C@H](c1cccs1)S(=O)(=O)c1cccs1. The molecule has 0 bridgehead atoms. The van der Waals surface area contributed by atoms with E-state index in [1.54, 1.807) is 47.8 Å². The number of carbonyl (C=O) groups excluding carboxylic acids is 1. The topological polar surface area (TPSA) is 63.2 Å². The lowest BCUT2D eigenvalue weighted by molar-refractivity contribution is -0.120. The van der Waals surface area contributed by atoms with Crippen molar-refractivity contribution in [2.45, 2.75) is 15.9 Å². The smallest absolute Gasteiger partial charge is 0.224 e. The number of sulfone groups is 1. The minimum absolute atomic E-state index is 0.0349. The number of carbonyl (C=O) groups is 1. The zero-order valence-corrected chi connectivity index (χ0v) is 16.8. The lowest BCUT2D eigenvalue weighted by Crippen LogP contribution is -2.32. The van der Waals surface area contributed by atoms with Gasteiger partial charge in [-0.15, -0.1) is 22.7 Å². The largest absolute Gasteiger partial charge is 0.354 e. The second-order valence-electron chi connectivity index (χ2n) is 5.59. The maximum Gasteiger partial charge on any atom is 0.224 e. The van der Waals surface area contributed by atoms with E-state index in [4.69, 9.17) is 11.6 Å². The van der Waals surface area contributed by atoms with Crippen LogP contribution >= 0.6 is 34.3 Å². The molecule has 2 heterocycles. The van der Waals surface area contributed by atoms with Crippen LogP contribution in [0, 0.1) is 0 Å². The molecule has 1 N–H and O–H groups in total. The summed E-state index contributed by atoms with van der Waals surface area (Å²) in [5.74, 6) is -0.227. The molecular formula is C18H16ClNO3S3. The Morgan fingerprint density at radius 1 is 1.04 bits per heavy atom. The number of halogens is 1. The Kier molecular flexibility index (Phi) is 6.13. The van der Waals surface area contributed by atoms with Crippen LogP contribution in [0.4, 0.5) is 0 Å². The third-order valence-electron chi connectivity index (χ3n) is 3.77. The molecule has 0 spiro atoms. The molecular weight excluding hydrogens is 410 g/mol. The molecule has 2 aromatic heterocycles. The lowest BCUT2D eigenvalue weighted by Gasteiger charge is -2.16. The molecule has 26 heavy (non-hydrogen) atoms. The van der Waals surface area contributed by atoms with Crippen LogP contribution in [0.1, 0.15) is 15.7 Å². The molecule has 0 aliphatic heterocycles. The van der Waals surface area contributed by atoms with Gasteiger partial charge in [-0.25, -0.2) is 8.42 Å². The van der Waals surface area contributed by atoms with Gasteiger partial charge in [-0.1, -0.05) is 35.9 Å². The van der Waals surface area contributed by atoms with Crippen molar-refractivity contribution in [1.29, 1.82) is 0 Å². The third kappa shape index (κ3) is 4.54. The highest BCUT2D eigenvalue weighted by molar-refractivity contribution is 7.93. The predicted molar refractivity (Wildman–Crippen MR) is 107 cm³/mol.